The fourth-order valence-corrected chi connectivity index (χ4v) is 2.25. The van der Waals surface area contributed by atoms with Gasteiger partial charge < -0.3 is 4.79 Å². The molecule has 0 aliphatic carbocycles. The van der Waals surface area contributed by atoms with Gasteiger partial charge in [-0.1, -0.05) is 13.8 Å². The molecule has 0 aliphatic heterocycles. The molecule has 0 radical (unpaired) electrons. The highest BCUT2D eigenvalue weighted by Crippen LogP contribution is 2.11. The van der Waals surface area contributed by atoms with Crippen LogP contribution in [0.2, 0.25) is 0 Å². The van der Waals surface area contributed by atoms with E-state index >= 15 is 0 Å². The average Bonchev–Trinajstić information content (AvgIpc) is 2.01. The van der Waals surface area contributed by atoms with E-state index in [2.05, 4.69) is 13.8 Å². The van der Waals surface area contributed by atoms with E-state index in [1.807, 2.05) is 11.8 Å². The van der Waals surface area contributed by atoms with Crippen LogP contribution in [0.5, 0.6) is 0 Å². The summed E-state index contributed by atoms with van der Waals surface area (Å²) in [5, 5.41) is 0. The first kappa shape index (κ1) is 13.0. The van der Waals surface area contributed by atoms with Crippen LogP contribution in [0.1, 0.15) is 46.5 Å². The molecular weight excluding hydrogens is 180 g/mol. The molecule has 0 spiro atoms. The van der Waals surface area contributed by atoms with Crippen LogP contribution in [0.15, 0.2) is 0 Å². The number of hydrogen-bond acceptors (Lipinski definition) is 2. The van der Waals surface area contributed by atoms with Gasteiger partial charge in [-0.05, 0) is 43.6 Å². The van der Waals surface area contributed by atoms with Crippen LogP contribution in [0.3, 0.4) is 0 Å². The Labute approximate surface area is 86.7 Å². The summed E-state index contributed by atoms with van der Waals surface area (Å²) in [5.41, 5.74) is 0. The SMILES string of the molecule is CC(=O)CCCCSCCC(C)C. The number of rotatable bonds is 8. The Bertz CT molecular complexity index is 132. The van der Waals surface area contributed by atoms with Crippen molar-refractivity contribution in [3.8, 4) is 0 Å². The van der Waals surface area contributed by atoms with Crippen LogP contribution in [-0.2, 0) is 4.79 Å². The van der Waals surface area contributed by atoms with E-state index in [0.717, 1.165) is 18.8 Å². The fraction of sp³-hybridized carbons (Fsp3) is 0.909. The highest BCUT2D eigenvalue weighted by Gasteiger charge is 1.96. The number of thioether (sulfide) groups is 1. The maximum atomic E-state index is 10.6. The minimum absolute atomic E-state index is 0.326. The Morgan fingerprint density at radius 1 is 1.23 bits per heavy atom. The van der Waals surface area contributed by atoms with Crippen LogP contribution >= 0.6 is 11.8 Å². The zero-order valence-electron chi connectivity index (χ0n) is 9.14. The average molecular weight is 202 g/mol. The molecule has 0 heterocycles. The first-order chi connectivity index (χ1) is 6.13. The van der Waals surface area contributed by atoms with Crippen molar-refractivity contribution in [2.45, 2.75) is 46.5 Å². The number of ketones is 1. The summed E-state index contributed by atoms with van der Waals surface area (Å²) < 4.78 is 0. The van der Waals surface area contributed by atoms with Gasteiger partial charge in [-0.25, -0.2) is 0 Å². The first-order valence-electron chi connectivity index (χ1n) is 5.20. The molecule has 2 heteroatoms. The van der Waals surface area contributed by atoms with E-state index in [-0.39, 0.29) is 0 Å². The third kappa shape index (κ3) is 12.0. The van der Waals surface area contributed by atoms with Crippen molar-refractivity contribution in [3.63, 3.8) is 0 Å². The fourth-order valence-electron chi connectivity index (χ4n) is 0.999. The third-order valence-electron chi connectivity index (χ3n) is 1.91. The van der Waals surface area contributed by atoms with E-state index in [1.165, 1.54) is 24.3 Å². The lowest BCUT2D eigenvalue weighted by Gasteiger charge is -2.03. The summed E-state index contributed by atoms with van der Waals surface area (Å²) in [6, 6.07) is 0. The molecule has 0 amide bonds. The standard InChI is InChI=1S/C11H22OS/c1-10(2)7-9-13-8-5-4-6-11(3)12/h10H,4-9H2,1-3H3. The number of carbonyl (C=O) groups is 1. The monoisotopic (exact) mass is 202 g/mol. The highest BCUT2D eigenvalue weighted by molar-refractivity contribution is 7.99. The molecule has 0 aromatic heterocycles. The number of unbranched alkanes of at least 4 members (excludes halogenated alkanes) is 1. The van der Waals surface area contributed by atoms with Gasteiger partial charge in [0.15, 0.2) is 0 Å². The minimum Gasteiger partial charge on any atom is -0.300 e. The van der Waals surface area contributed by atoms with Crippen LogP contribution in [0.25, 0.3) is 0 Å². The lowest BCUT2D eigenvalue weighted by atomic mass is 10.2. The Morgan fingerprint density at radius 2 is 1.92 bits per heavy atom. The molecule has 0 rings (SSSR count). The Morgan fingerprint density at radius 3 is 2.46 bits per heavy atom. The quantitative estimate of drug-likeness (QED) is 0.560. The molecule has 0 unspecified atom stereocenters. The van der Waals surface area contributed by atoms with Crippen LogP contribution in [0, 0.1) is 5.92 Å². The van der Waals surface area contributed by atoms with E-state index in [1.54, 1.807) is 6.92 Å². The lowest BCUT2D eigenvalue weighted by molar-refractivity contribution is -0.117. The van der Waals surface area contributed by atoms with Gasteiger partial charge >= 0.3 is 0 Å². The lowest BCUT2D eigenvalue weighted by Crippen LogP contribution is -1.93. The number of carbonyl (C=O) groups excluding carboxylic acids is 1. The van der Waals surface area contributed by atoms with Crippen LogP contribution in [0.4, 0.5) is 0 Å². The smallest absolute Gasteiger partial charge is 0.129 e. The molecule has 0 atom stereocenters. The van der Waals surface area contributed by atoms with Crippen molar-refractivity contribution in [2.24, 2.45) is 5.92 Å². The van der Waals surface area contributed by atoms with Crippen molar-refractivity contribution >= 4 is 17.5 Å². The second-order valence-electron chi connectivity index (χ2n) is 3.95. The van der Waals surface area contributed by atoms with Crippen molar-refractivity contribution in [3.05, 3.63) is 0 Å². The molecule has 1 nitrogen and oxygen atoms in total. The van der Waals surface area contributed by atoms with Gasteiger partial charge in [0.05, 0.1) is 0 Å². The zero-order valence-corrected chi connectivity index (χ0v) is 9.95. The molecule has 0 saturated heterocycles. The maximum absolute atomic E-state index is 10.6. The van der Waals surface area contributed by atoms with Crippen molar-refractivity contribution < 1.29 is 4.79 Å². The number of hydrogen-bond donors (Lipinski definition) is 0. The summed E-state index contributed by atoms with van der Waals surface area (Å²) >= 11 is 2.02. The van der Waals surface area contributed by atoms with Gasteiger partial charge in [0.2, 0.25) is 0 Å². The topological polar surface area (TPSA) is 17.1 Å². The van der Waals surface area contributed by atoms with Gasteiger partial charge in [0, 0.05) is 6.42 Å². The van der Waals surface area contributed by atoms with Gasteiger partial charge in [0.25, 0.3) is 0 Å². The summed E-state index contributed by atoms with van der Waals surface area (Å²) in [4.78, 5) is 10.6. The molecule has 0 aromatic rings. The molecular formula is C11H22OS. The Hall–Kier alpha value is 0.0200. The summed E-state index contributed by atoms with van der Waals surface area (Å²) in [7, 11) is 0. The predicted molar refractivity (Wildman–Crippen MR) is 61.3 cm³/mol. The van der Waals surface area contributed by atoms with Gasteiger partial charge in [0.1, 0.15) is 5.78 Å². The van der Waals surface area contributed by atoms with Crippen LogP contribution in [-0.4, -0.2) is 17.3 Å². The summed E-state index contributed by atoms with van der Waals surface area (Å²) in [6.07, 6.45) is 4.36. The second-order valence-corrected chi connectivity index (χ2v) is 5.18. The predicted octanol–water partition coefficient (Wildman–Crippen LogP) is 3.53. The normalized spacial score (nSPS) is 10.8. The summed E-state index contributed by atoms with van der Waals surface area (Å²) in [6.45, 7) is 6.19. The van der Waals surface area contributed by atoms with Crippen molar-refractivity contribution in [2.75, 3.05) is 11.5 Å². The van der Waals surface area contributed by atoms with E-state index in [9.17, 15) is 4.79 Å². The molecule has 13 heavy (non-hydrogen) atoms. The van der Waals surface area contributed by atoms with Crippen molar-refractivity contribution in [1.29, 1.82) is 0 Å². The highest BCUT2D eigenvalue weighted by atomic mass is 32.2. The van der Waals surface area contributed by atoms with E-state index < -0.39 is 0 Å². The molecule has 0 aromatic carbocycles. The second kappa shape index (κ2) is 8.61. The van der Waals surface area contributed by atoms with E-state index in [4.69, 9.17) is 0 Å². The maximum Gasteiger partial charge on any atom is 0.129 e. The van der Waals surface area contributed by atoms with E-state index in [0.29, 0.717) is 5.78 Å². The summed E-state index contributed by atoms with van der Waals surface area (Å²) in [5.74, 6) is 3.65. The Kier molecular flexibility index (Phi) is 8.62. The largest absolute Gasteiger partial charge is 0.300 e. The van der Waals surface area contributed by atoms with Gasteiger partial charge in [-0.3, -0.25) is 0 Å². The van der Waals surface area contributed by atoms with Crippen LogP contribution < -0.4 is 0 Å². The molecule has 0 N–H and O–H groups in total. The molecule has 0 bridgehead atoms. The third-order valence-corrected chi connectivity index (χ3v) is 3.01. The molecule has 0 saturated carbocycles. The zero-order chi connectivity index (χ0) is 10.1. The first-order valence-corrected chi connectivity index (χ1v) is 6.35. The number of Topliss-reactive ketones (excluding diaryl/α,β-unsaturated/α-hetero) is 1. The van der Waals surface area contributed by atoms with Gasteiger partial charge in [-0.2, -0.15) is 11.8 Å². The molecule has 78 valence electrons. The Balaban J connectivity index is 2.96. The minimum atomic E-state index is 0.326. The van der Waals surface area contributed by atoms with Gasteiger partial charge in [-0.15, -0.1) is 0 Å². The molecule has 0 fully saturated rings. The van der Waals surface area contributed by atoms with Crippen molar-refractivity contribution in [1.82, 2.24) is 0 Å². The molecule has 0 aliphatic rings.